The molecule has 0 unspecified atom stereocenters. The van der Waals surface area contributed by atoms with Gasteiger partial charge in [0, 0.05) is 10.4 Å². The maximum absolute atomic E-state index is 14.0. The van der Waals surface area contributed by atoms with E-state index >= 15 is 0 Å². The highest BCUT2D eigenvalue weighted by Gasteiger charge is 2.28. The van der Waals surface area contributed by atoms with Gasteiger partial charge in [-0.05, 0) is 59.7 Å². The fourth-order valence-electron chi connectivity index (χ4n) is 3.14. The molecule has 1 saturated carbocycles. The summed E-state index contributed by atoms with van der Waals surface area (Å²) in [5.74, 6) is 0.127. The van der Waals surface area contributed by atoms with Crippen molar-refractivity contribution in [3.05, 3.63) is 33.0 Å². The molecule has 1 aromatic carbocycles. The zero-order valence-electron chi connectivity index (χ0n) is 12.3. The van der Waals surface area contributed by atoms with Crippen molar-refractivity contribution in [3.8, 4) is 0 Å². The minimum Gasteiger partial charge on any atom is -0.294 e. The van der Waals surface area contributed by atoms with Gasteiger partial charge in [-0.3, -0.25) is 4.79 Å². The lowest BCUT2D eigenvalue weighted by Gasteiger charge is -2.27. The number of unbranched alkanes of at least 4 members (excludes halogenated alkanes) is 1. The van der Waals surface area contributed by atoms with Crippen LogP contribution in [-0.2, 0) is 0 Å². The first-order valence-corrected chi connectivity index (χ1v) is 8.88. The van der Waals surface area contributed by atoms with Crippen LogP contribution in [0, 0.1) is 17.7 Å². The van der Waals surface area contributed by atoms with E-state index < -0.39 is 5.82 Å². The van der Waals surface area contributed by atoms with E-state index in [9.17, 15) is 9.18 Å². The summed E-state index contributed by atoms with van der Waals surface area (Å²) in [5.41, 5.74) is 0.139. The molecular formula is C17H21BrClFO. The Hall–Kier alpha value is -0.410. The van der Waals surface area contributed by atoms with Crippen LogP contribution in [0.5, 0.6) is 0 Å². The Kier molecular flexibility index (Phi) is 6.24. The molecule has 0 heterocycles. The zero-order chi connectivity index (χ0) is 15.4. The second-order valence-electron chi connectivity index (χ2n) is 5.97. The average molecular weight is 376 g/mol. The van der Waals surface area contributed by atoms with Gasteiger partial charge >= 0.3 is 0 Å². The molecule has 0 amide bonds. The highest BCUT2D eigenvalue weighted by atomic mass is 79.9. The van der Waals surface area contributed by atoms with Crippen LogP contribution in [-0.4, -0.2) is 5.78 Å². The monoisotopic (exact) mass is 374 g/mol. The number of carbonyl (C=O) groups excluding carboxylic acids is 1. The van der Waals surface area contributed by atoms with Gasteiger partial charge in [-0.15, -0.1) is 0 Å². The SMILES string of the molecule is CCCCC1CCC(C(=O)c2cc(Cl)c(Br)cc2F)CC1. The lowest BCUT2D eigenvalue weighted by Crippen LogP contribution is -2.23. The predicted molar refractivity (Wildman–Crippen MR) is 88.4 cm³/mol. The van der Waals surface area contributed by atoms with Gasteiger partial charge < -0.3 is 0 Å². The Balaban J connectivity index is 2.00. The molecule has 0 saturated heterocycles. The van der Waals surface area contributed by atoms with Crippen molar-refractivity contribution in [3.63, 3.8) is 0 Å². The fourth-order valence-corrected chi connectivity index (χ4v) is 3.62. The van der Waals surface area contributed by atoms with E-state index in [1.165, 1.54) is 31.4 Å². The van der Waals surface area contributed by atoms with Crippen molar-refractivity contribution in [2.45, 2.75) is 51.9 Å². The first-order chi connectivity index (χ1) is 10.0. The maximum Gasteiger partial charge on any atom is 0.168 e. The molecule has 1 fully saturated rings. The molecular weight excluding hydrogens is 355 g/mol. The molecule has 0 radical (unpaired) electrons. The van der Waals surface area contributed by atoms with Crippen LogP contribution < -0.4 is 0 Å². The van der Waals surface area contributed by atoms with Gasteiger partial charge in [0.05, 0.1) is 10.6 Å². The van der Waals surface area contributed by atoms with Crippen LogP contribution in [0.25, 0.3) is 0 Å². The van der Waals surface area contributed by atoms with Crippen LogP contribution in [0.2, 0.25) is 5.02 Å². The molecule has 1 aliphatic carbocycles. The summed E-state index contributed by atoms with van der Waals surface area (Å²) in [6.07, 6.45) is 7.67. The van der Waals surface area contributed by atoms with E-state index in [-0.39, 0.29) is 17.3 Å². The van der Waals surface area contributed by atoms with Gasteiger partial charge in [0.15, 0.2) is 5.78 Å². The zero-order valence-corrected chi connectivity index (χ0v) is 14.6. The third kappa shape index (κ3) is 4.29. The number of hydrogen-bond donors (Lipinski definition) is 0. The third-order valence-corrected chi connectivity index (χ3v) is 5.66. The Bertz CT molecular complexity index is 510. The molecule has 0 aliphatic heterocycles. The van der Waals surface area contributed by atoms with Crippen molar-refractivity contribution in [1.29, 1.82) is 0 Å². The highest BCUT2D eigenvalue weighted by Crippen LogP contribution is 2.35. The van der Waals surface area contributed by atoms with Crippen LogP contribution >= 0.6 is 27.5 Å². The summed E-state index contributed by atoms with van der Waals surface area (Å²) in [6, 6.07) is 2.73. The lowest BCUT2D eigenvalue weighted by atomic mass is 9.77. The standard InChI is InChI=1S/C17H21BrClFO/c1-2-3-4-11-5-7-12(8-6-11)17(21)13-9-15(19)14(18)10-16(13)20/h9-12H,2-8H2,1H3. The smallest absolute Gasteiger partial charge is 0.168 e. The van der Waals surface area contributed by atoms with Crippen molar-refractivity contribution >= 4 is 33.3 Å². The Morgan fingerprint density at radius 2 is 2.00 bits per heavy atom. The topological polar surface area (TPSA) is 17.1 Å². The highest BCUT2D eigenvalue weighted by molar-refractivity contribution is 9.10. The molecule has 4 heteroatoms. The molecule has 0 aromatic heterocycles. The van der Waals surface area contributed by atoms with Crippen molar-refractivity contribution in [2.24, 2.45) is 11.8 Å². The predicted octanol–water partition coefficient (Wildman–Crippen LogP) is 6.42. The number of rotatable bonds is 5. The van der Waals surface area contributed by atoms with Gasteiger partial charge in [-0.2, -0.15) is 0 Å². The van der Waals surface area contributed by atoms with Crippen LogP contribution in [0.4, 0.5) is 4.39 Å². The number of benzene rings is 1. The summed E-state index contributed by atoms with van der Waals surface area (Å²) < 4.78 is 14.5. The van der Waals surface area contributed by atoms with E-state index in [0.717, 1.165) is 31.6 Å². The lowest BCUT2D eigenvalue weighted by molar-refractivity contribution is 0.0865. The van der Waals surface area contributed by atoms with Gasteiger partial charge in [-0.1, -0.05) is 37.8 Å². The second kappa shape index (κ2) is 7.73. The quantitative estimate of drug-likeness (QED) is 0.428. The molecule has 1 nitrogen and oxygen atoms in total. The van der Waals surface area contributed by atoms with E-state index in [4.69, 9.17) is 11.6 Å². The molecule has 0 atom stereocenters. The maximum atomic E-state index is 14.0. The normalized spacial score (nSPS) is 22.3. The summed E-state index contributed by atoms with van der Waals surface area (Å²) in [6.45, 7) is 2.20. The summed E-state index contributed by atoms with van der Waals surface area (Å²) in [5, 5.41) is 0.386. The van der Waals surface area contributed by atoms with E-state index in [2.05, 4.69) is 22.9 Å². The molecule has 1 aliphatic rings. The largest absolute Gasteiger partial charge is 0.294 e. The number of carbonyl (C=O) groups is 1. The molecule has 0 spiro atoms. The van der Waals surface area contributed by atoms with E-state index in [1.807, 2.05) is 0 Å². The van der Waals surface area contributed by atoms with Crippen LogP contribution in [0.1, 0.15) is 62.2 Å². The average Bonchev–Trinajstić information content (AvgIpc) is 2.48. The van der Waals surface area contributed by atoms with Gasteiger partial charge in [-0.25, -0.2) is 4.39 Å². The minimum atomic E-state index is -0.482. The van der Waals surface area contributed by atoms with Crippen molar-refractivity contribution in [2.75, 3.05) is 0 Å². The van der Waals surface area contributed by atoms with Gasteiger partial charge in [0.25, 0.3) is 0 Å². The summed E-state index contributed by atoms with van der Waals surface area (Å²) in [4.78, 5) is 12.5. The molecule has 1 aromatic rings. The second-order valence-corrected chi connectivity index (χ2v) is 7.23. The molecule has 0 N–H and O–H groups in total. The van der Waals surface area contributed by atoms with Gasteiger partial charge in [0.1, 0.15) is 5.82 Å². The Labute approximate surface area is 139 Å². The van der Waals surface area contributed by atoms with Gasteiger partial charge in [0.2, 0.25) is 0 Å². The van der Waals surface area contributed by atoms with Crippen molar-refractivity contribution in [1.82, 2.24) is 0 Å². The summed E-state index contributed by atoms with van der Waals surface area (Å²) >= 11 is 9.16. The number of hydrogen-bond acceptors (Lipinski definition) is 1. The minimum absolute atomic E-state index is 0.0466. The molecule has 116 valence electrons. The van der Waals surface area contributed by atoms with Crippen molar-refractivity contribution < 1.29 is 9.18 Å². The molecule has 2 rings (SSSR count). The first kappa shape index (κ1) is 17.0. The number of ketones is 1. The Morgan fingerprint density at radius 1 is 1.33 bits per heavy atom. The van der Waals surface area contributed by atoms with E-state index in [1.54, 1.807) is 0 Å². The number of halogens is 3. The number of Topliss-reactive ketones (excluding diaryl/α,β-unsaturated/α-hetero) is 1. The van der Waals surface area contributed by atoms with Crippen LogP contribution in [0.3, 0.4) is 0 Å². The fraction of sp³-hybridized carbons (Fsp3) is 0.588. The Morgan fingerprint density at radius 3 is 2.62 bits per heavy atom. The first-order valence-electron chi connectivity index (χ1n) is 7.71. The van der Waals surface area contributed by atoms with E-state index in [0.29, 0.717) is 9.50 Å². The molecule has 0 bridgehead atoms. The molecule has 21 heavy (non-hydrogen) atoms. The van der Waals surface area contributed by atoms with Crippen LogP contribution in [0.15, 0.2) is 16.6 Å². The third-order valence-electron chi connectivity index (χ3n) is 4.46. The summed E-state index contributed by atoms with van der Waals surface area (Å²) in [7, 11) is 0.